The summed E-state index contributed by atoms with van der Waals surface area (Å²) in [6, 6.07) is 0. The van der Waals surface area contributed by atoms with Gasteiger partial charge in [-0.3, -0.25) is 0 Å². The first kappa shape index (κ1) is 20.0. The van der Waals surface area contributed by atoms with Crippen molar-refractivity contribution in [1.82, 2.24) is 0 Å². The van der Waals surface area contributed by atoms with Crippen LogP contribution in [0, 0.1) is 11.8 Å². The third kappa shape index (κ3) is 133. The first-order valence-corrected chi connectivity index (χ1v) is 4.93. The molecule has 16 heavy (non-hydrogen) atoms. The van der Waals surface area contributed by atoms with E-state index in [2.05, 4.69) is 27.7 Å². The molecule has 0 amide bonds. The first-order valence-electron chi connectivity index (χ1n) is 4.93. The Labute approximate surface area is 95.5 Å². The van der Waals surface area contributed by atoms with Gasteiger partial charge in [0.25, 0.3) is 0 Å². The van der Waals surface area contributed by atoms with Gasteiger partial charge in [0.2, 0.25) is 0 Å². The predicted molar refractivity (Wildman–Crippen MR) is 60.2 cm³/mol. The van der Waals surface area contributed by atoms with Crippen LogP contribution in [0.1, 0.15) is 40.5 Å². The third-order valence-electron chi connectivity index (χ3n) is 1.32. The summed E-state index contributed by atoms with van der Waals surface area (Å²) in [5.74, 6) is 1.77. The lowest BCUT2D eigenvalue weighted by Gasteiger charge is -2.05. The maximum atomic E-state index is 8.56. The Kier molecular flexibility index (Phi) is 16.9. The van der Waals surface area contributed by atoms with Crippen molar-refractivity contribution in [2.45, 2.75) is 40.5 Å². The smallest absolute Gasteiger partial charge is 0.450 e. The molecule has 0 bridgehead atoms. The van der Waals surface area contributed by atoms with Crippen LogP contribution in [0.4, 0.5) is 9.59 Å². The largest absolute Gasteiger partial charge is 0.503 e. The van der Waals surface area contributed by atoms with E-state index in [4.69, 9.17) is 30.0 Å². The lowest BCUT2D eigenvalue weighted by atomic mass is 10.0. The molecule has 0 radical (unpaired) electrons. The van der Waals surface area contributed by atoms with Gasteiger partial charge in [0.05, 0.1) is 0 Å². The normalized spacial score (nSPS) is 8.62. The van der Waals surface area contributed by atoms with E-state index in [1.165, 1.54) is 12.8 Å². The average Bonchev–Trinajstić information content (AvgIpc) is 1.98. The van der Waals surface area contributed by atoms with E-state index in [-0.39, 0.29) is 0 Å². The van der Waals surface area contributed by atoms with Crippen LogP contribution >= 0.6 is 0 Å². The van der Waals surface area contributed by atoms with Crippen LogP contribution in [-0.2, 0) is 0 Å². The predicted octanol–water partition coefficient (Wildman–Crippen LogP) is 3.52. The Hall–Kier alpha value is -1.46. The second-order valence-electron chi connectivity index (χ2n) is 3.93. The minimum absolute atomic E-state index is 0.886. The summed E-state index contributed by atoms with van der Waals surface area (Å²) in [5.41, 5.74) is 0. The number of hydrogen-bond donors (Lipinski definition) is 4. The zero-order chi connectivity index (χ0) is 13.7. The Balaban J connectivity index is -0.000000179. The van der Waals surface area contributed by atoms with Gasteiger partial charge in [0.1, 0.15) is 0 Å². The van der Waals surface area contributed by atoms with E-state index >= 15 is 0 Å². The molecule has 0 rings (SSSR count). The van der Waals surface area contributed by atoms with Gasteiger partial charge in [0, 0.05) is 0 Å². The summed E-state index contributed by atoms with van der Waals surface area (Å²) in [4.78, 5) is 17.1. The molecule has 0 fully saturated rings. The Morgan fingerprint density at radius 3 is 0.938 bits per heavy atom. The fraction of sp³-hybridized carbons (Fsp3) is 0.800. The van der Waals surface area contributed by atoms with Crippen molar-refractivity contribution in [3.8, 4) is 0 Å². The molecule has 0 saturated heterocycles. The molecule has 4 N–H and O–H groups in total. The first-order chi connectivity index (χ1) is 7.09. The molecule has 6 nitrogen and oxygen atoms in total. The van der Waals surface area contributed by atoms with Crippen molar-refractivity contribution in [1.29, 1.82) is 0 Å². The molecule has 0 aliphatic rings. The van der Waals surface area contributed by atoms with Crippen molar-refractivity contribution in [3.05, 3.63) is 0 Å². The molecule has 0 atom stereocenters. The van der Waals surface area contributed by atoms with Gasteiger partial charge in [0.15, 0.2) is 0 Å². The maximum absolute atomic E-state index is 8.56. The van der Waals surface area contributed by atoms with E-state index in [0.717, 1.165) is 11.8 Å². The molecule has 0 unspecified atom stereocenters. The van der Waals surface area contributed by atoms with Crippen LogP contribution in [0.25, 0.3) is 0 Å². The number of carbonyl (C=O) groups is 2. The van der Waals surface area contributed by atoms with Gasteiger partial charge in [-0.05, 0) is 11.8 Å². The van der Waals surface area contributed by atoms with E-state index in [1.807, 2.05) is 0 Å². The summed E-state index contributed by atoms with van der Waals surface area (Å²) in [5, 5.41) is 27.9. The SMILES string of the molecule is CC(C)CCC(C)C.O=C(O)O.O=C(O)O. The lowest BCUT2D eigenvalue weighted by Crippen LogP contribution is -1.91. The Bertz CT molecular complexity index is 148. The van der Waals surface area contributed by atoms with Crippen molar-refractivity contribution in [3.63, 3.8) is 0 Å². The van der Waals surface area contributed by atoms with Gasteiger partial charge in [-0.1, -0.05) is 40.5 Å². The van der Waals surface area contributed by atoms with Crippen molar-refractivity contribution < 1.29 is 30.0 Å². The molecule has 0 saturated carbocycles. The molecule has 98 valence electrons. The number of carboxylic acid groups (broad SMARTS) is 4. The van der Waals surface area contributed by atoms with Crippen molar-refractivity contribution in [2.24, 2.45) is 11.8 Å². The van der Waals surface area contributed by atoms with Crippen LogP contribution in [0.5, 0.6) is 0 Å². The van der Waals surface area contributed by atoms with E-state index in [1.54, 1.807) is 0 Å². The molecular formula is C10H22O6. The summed E-state index contributed by atoms with van der Waals surface area (Å²) < 4.78 is 0. The molecule has 0 spiro atoms. The van der Waals surface area contributed by atoms with Crippen molar-refractivity contribution >= 4 is 12.3 Å². The fourth-order valence-corrected chi connectivity index (χ4v) is 0.667. The zero-order valence-electron chi connectivity index (χ0n) is 10.2. The maximum Gasteiger partial charge on any atom is 0.503 e. The monoisotopic (exact) mass is 238 g/mol. The highest BCUT2D eigenvalue weighted by Crippen LogP contribution is 2.09. The molecule has 0 aliphatic heterocycles. The van der Waals surface area contributed by atoms with Crippen LogP contribution in [-0.4, -0.2) is 32.7 Å². The second kappa shape index (κ2) is 13.5. The standard InChI is InChI=1S/C8H18.2CH2O3/c1-7(2)5-6-8(3)4;2*2-1(3)4/h7-8H,5-6H2,1-4H3;2*(H2,2,3,4). The fourth-order valence-electron chi connectivity index (χ4n) is 0.667. The highest BCUT2D eigenvalue weighted by atomic mass is 16.6. The third-order valence-corrected chi connectivity index (χ3v) is 1.32. The van der Waals surface area contributed by atoms with Crippen LogP contribution in [0.2, 0.25) is 0 Å². The molecule has 0 aliphatic carbocycles. The lowest BCUT2D eigenvalue weighted by molar-refractivity contribution is 0.135. The van der Waals surface area contributed by atoms with Gasteiger partial charge in [-0.2, -0.15) is 0 Å². The summed E-state index contributed by atoms with van der Waals surface area (Å²) in [6.45, 7) is 9.12. The van der Waals surface area contributed by atoms with Crippen LogP contribution in [0.3, 0.4) is 0 Å². The highest BCUT2D eigenvalue weighted by Gasteiger charge is 1.95. The van der Waals surface area contributed by atoms with Crippen molar-refractivity contribution in [2.75, 3.05) is 0 Å². The van der Waals surface area contributed by atoms with Gasteiger partial charge in [-0.15, -0.1) is 0 Å². The zero-order valence-corrected chi connectivity index (χ0v) is 10.2. The topological polar surface area (TPSA) is 115 Å². The molecular weight excluding hydrogens is 216 g/mol. The van der Waals surface area contributed by atoms with Gasteiger partial charge in [-0.25, -0.2) is 9.59 Å². The van der Waals surface area contributed by atoms with E-state index in [9.17, 15) is 0 Å². The minimum Gasteiger partial charge on any atom is -0.450 e. The Morgan fingerprint density at radius 1 is 0.750 bits per heavy atom. The second-order valence-corrected chi connectivity index (χ2v) is 3.93. The van der Waals surface area contributed by atoms with E-state index < -0.39 is 12.3 Å². The number of rotatable bonds is 3. The van der Waals surface area contributed by atoms with Gasteiger partial charge >= 0.3 is 12.3 Å². The molecule has 0 aromatic heterocycles. The molecule has 6 heteroatoms. The molecule has 0 aromatic carbocycles. The summed E-state index contributed by atoms with van der Waals surface area (Å²) in [7, 11) is 0. The average molecular weight is 238 g/mol. The van der Waals surface area contributed by atoms with Crippen LogP contribution in [0.15, 0.2) is 0 Å². The quantitative estimate of drug-likeness (QED) is 0.597. The minimum atomic E-state index is -1.83. The molecule has 0 aromatic rings. The highest BCUT2D eigenvalue weighted by molar-refractivity contribution is 5.53. The summed E-state index contributed by atoms with van der Waals surface area (Å²) in [6.07, 6.45) is -0.894. The van der Waals surface area contributed by atoms with Gasteiger partial charge < -0.3 is 20.4 Å². The summed E-state index contributed by atoms with van der Waals surface area (Å²) >= 11 is 0. The number of hydrogen-bond acceptors (Lipinski definition) is 2. The van der Waals surface area contributed by atoms with E-state index in [0.29, 0.717) is 0 Å². The molecule has 0 heterocycles. The van der Waals surface area contributed by atoms with Crippen LogP contribution < -0.4 is 0 Å². The Morgan fingerprint density at radius 2 is 0.875 bits per heavy atom.